The number of carbonyl (C=O) groups is 1. The van der Waals surface area contributed by atoms with Gasteiger partial charge in [-0.1, -0.05) is 47.6 Å². The van der Waals surface area contributed by atoms with E-state index in [0.717, 1.165) is 25.1 Å². The van der Waals surface area contributed by atoms with Gasteiger partial charge in [0.05, 0.1) is 0 Å². The van der Waals surface area contributed by atoms with Crippen LogP contribution >= 0.6 is 0 Å². The molecule has 3 aromatic rings. The lowest BCUT2D eigenvalue weighted by Gasteiger charge is -2.21. The Morgan fingerprint density at radius 1 is 1.20 bits per heavy atom. The Morgan fingerprint density at radius 2 is 2.03 bits per heavy atom. The highest BCUT2D eigenvalue weighted by molar-refractivity contribution is 5.95. The van der Waals surface area contributed by atoms with E-state index in [1.165, 1.54) is 12.0 Å². The summed E-state index contributed by atoms with van der Waals surface area (Å²) in [5.41, 5.74) is 2.75. The minimum atomic E-state index is -0.0655. The Bertz CT molecular complexity index is 986. The normalized spacial score (nSPS) is 19.1. The van der Waals surface area contributed by atoms with E-state index in [-0.39, 0.29) is 5.91 Å². The maximum atomic E-state index is 12.6. The van der Waals surface area contributed by atoms with Crippen molar-refractivity contribution in [2.45, 2.75) is 39.3 Å². The first-order valence-corrected chi connectivity index (χ1v) is 10.6. The highest BCUT2D eigenvalue weighted by Gasteiger charge is 2.28. The molecule has 30 heavy (non-hydrogen) atoms. The third kappa shape index (κ3) is 4.94. The van der Waals surface area contributed by atoms with Gasteiger partial charge in [-0.3, -0.25) is 9.69 Å². The second kappa shape index (κ2) is 9.22. The fourth-order valence-corrected chi connectivity index (χ4v) is 4.17. The lowest BCUT2D eigenvalue weighted by Crippen LogP contribution is -2.28. The predicted molar refractivity (Wildman–Crippen MR) is 116 cm³/mol. The van der Waals surface area contributed by atoms with E-state index >= 15 is 0 Å². The number of aryl methyl sites for hydroxylation is 1. The number of hydrogen-bond acceptors (Lipinski definition) is 5. The van der Waals surface area contributed by atoms with Gasteiger partial charge < -0.3 is 9.84 Å². The van der Waals surface area contributed by atoms with Gasteiger partial charge in [0.1, 0.15) is 0 Å². The van der Waals surface area contributed by atoms with E-state index < -0.39 is 0 Å². The van der Waals surface area contributed by atoms with Gasteiger partial charge in [-0.25, -0.2) is 0 Å². The third-order valence-corrected chi connectivity index (χ3v) is 5.77. The molecule has 1 N–H and O–H groups in total. The molecule has 0 spiro atoms. The highest BCUT2D eigenvalue weighted by atomic mass is 16.5. The van der Waals surface area contributed by atoms with Crippen LogP contribution in [0, 0.1) is 12.8 Å². The number of nitrogens with one attached hydrogen (secondary N) is 1. The van der Waals surface area contributed by atoms with Gasteiger partial charge in [0, 0.05) is 43.7 Å². The van der Waals surface area contributed by atoms with Crippen molar-refractivity contribution >= 4 is 5.91 Å². The summed E-state index contributed by atoms with van der Waals surface area (Å²) < 4.78 is 5.03. The Labute approximate surface area is 177 Å². The molecule has 2 atom stereocenters. The van der Waals surface area contributed by atoms with Crippen LogP contribution in [0.3, 0.4) is 0 Å². The smallest absolute Gasteiger partial charge is 0.251 e. The average molecular weight is 405 g/mol. The van der Waals surface area contributed by atoms with E-state index in [0.29, 0.717) is 35.8 Å². The average Bonchev–Trinajstić information content (AvgIpc) is 3.34. The van der Waals surface area contributed by atoms with Crippen LogP contribution in [0.25, 0.3) is 11.4 Å². The highest BCUT2D eigenvalue weighted by Crippen LogP contribution is 2.27. The van der Waals surface area contributed by atoms with Crippen LogP contribution in [-0.2, 0) is 6.54 Å². The lowest BCUT2D eigenvalue weighted by molar-refractivity contribution is 0.0951. The second-order valence-corrected chi connectivity index (χ2v) is 8.13. The molecule has 0 radical (unpaired) electrons. The van der Waals surface area contributed by atoms with Crippen LogP contribution in [-0.4, -0.2) is 40.1 Å². The second-order valence-electron chi connectivity index (χ2n) is 8.13. The molecule has 0 bridgehead atoms. The zero-order valence-electron chi connectivity index (χ0n) is 17.5. The van der Waals surface area contributed by atoms with Gasteiger partial charge in [0.2, 0.25) is 11.7 Å². The maximum Gasteiger partial charge on any atom is 0.251 e. The molecule has 0 saturated carbocycles. The molecule has 6 heteroatoms. The molecule has 1 aliphatic heterocycles. The SMILES string of the molecule is Cc1nc(-c2cccc(C(=O)NCCC3CC(C)N(Cc4ccccc4)C3)c2)no1. The van der Waals surface area contributed by atoms with Gasteiger partial charge in [0.25, 0.3) is 5.91 Å². The predicted octanol–water partition coefficient (Wildman–Crippen LogP) is 4.08. The van der Waals surface area contributed by atoms with Gasteiger partial charge in [-0.2, -0.15) is 4.98 Å². The summed E-state index contributed by atoms with van der Waals surface area (Å²) >= 11 is 0. The first-order chi connectivity index (χ1) is 14.6. The van der Waals surface area contributed by atoms with Crippen LogP contribution < -0.4 is 5.32 Å². The van der Waals surface area contributed by atoms with Gasteiger partial charge >= 0.3 is 0 Å². The Hall–Kier alpha value is -2.99. The monoisotopic (exact) mass is 404 g/mol. The Morgan fingerprint density at radius 3 is 2.80 bits per heavy atom. The molecule has 2 heterocycles. The fraction of sp³-hybridized carbons (Fsp3) is 0.375. The standard InChI is InChI=1S/C24H28N4O2/c1-17-13-20(16-28(17)15-19-7-4-3-5-8-19)11-12-25-24(29)22-10-6-9-21(14-22)23-26-18(2)30-27-23/h3-10,14,17,20H,11-13,15-16H2,1-2H3,(H,25,29). The molecule has 2 unspecified atom stereocenters. The van der Waals surface area contributed by atoms with Crippen molar-refractivity contribution in [3.63, 3.8) is 0 Å². The van der Waals surface area contributed by atoms with E-state index in [2.05, 4.69) is 57.6 Å². The number of amides is 1. The number of likely N-dealkylation sites (tertiary alicyclic amines) is 1. The molecule has 1 aromatic heterocycles. The molecule has 6 nitrogen and oxygen atoms in total. The minimum Gasteiger partial charge on any atom is -0.352 e. The number of carbonyl (C=O) groups excluding carboxylic acids is 1. The summed E-state index contributed by atoms with van der Waals surface area (Å²) in [6.07, 6.45) is 2.17. The molecule has 156 valence electrons. The molecule has 1 fully saturated rings. The van der Waals surface area contributed by atoms with Crippen LogP contribution in [0.1, 0.15) is 41.6 Å². The lowest BCUT2D eigenvalue weighted by atomic mass is 10.0. The summed E-state index contributed by atoms with van der Waals surface area (Å²) in [6.45, 7) is 6.80. The molecule has 4 rings (SSSR count). The van der Waals surface area contributed by atoms with Gasteiger partial charge in [0.15, 0.2) is 0 Å². The number of hydrogen-bond donors (Lipinski definition) is 1. The van der Waals surface area contributed by atoms with E-state index in [1.54, 1.807) is 13.0 Å². The van der Waals surface area contributed by atoms with Crippen molar-refractivity contribution in [2.75, 3.05) is 13.1 Å². The molecule has 2 aromatic carbocycles. The molecule has 1 amide bonds. The van der Waals surface area contributed by atoms with Crippen LogP contribution in [0.5, 0.6) is 0 Å². The molecule has 0 aliphatic carbocycles. The van der Waals surface area contributed by atoms with E-state index in [9.17, 15) is 4.79 Å². The third-order valence-electron chi connectivity index (χ3n) is 5.77. The minimum absolute atomic E-state index is 0.0655. The van der Waals surface area contributed by atoms with E-state index in [4.69, 9.17) is 4.52 Å². The van der Waals surface area contributed by atoms with Crippen LogP contribution in [0.2, 0.25) is 0 Å². The number of benzene rings is 2. The zero-order chi connectivity index (χ0) is 20.9. The maximum absolute atomic E-state index is 12.6. The first-order valence-electron chi connectivity index (χ1n) is 10.6. The van der Waals surface area contributed by atoms with Crippen molar-refractivity contribution in [3.05, 3.63) is 71.6 Å². The Kier molecular flexibility index (Phi) is 6.23. The van der Waals surface area contributed by atoms with Crippen LogP contribution in [0.15, 0.2) is 59.1 Å². The summed E-state index contributed by atoms with van der Waals surface area (Å²) in [5.74, 6) is 1.55. The number of aromatic nitrogens is 2. The first kappa shape index (κ1) is 20.3. The summed E-state index contributed by atoms with van der Waals surface area (Å²) in [6, 6.07) is 18.5. The molecular formula is C24H28N4O2. The van der Waals surface area contributed by atoms with Gasteiger partial charge in [-0.15, -0.1) is 0 Å². The summed E-state index contributed by atoms with van der Waals surface area (Å²) in [4.78, 5) is 19.4. The molecule has 1 saturated heterocycles. The summed E-state index contributed by atoms with van der Waals surface area (Å²) in [5, 5.41) is 6.99. The zero-order valence-corrected chi connectivity index (χ0v) is 17.5. The van der Waals surface area contributed by atoms with E-state index in [1.807, 2.05) is 18.2 Å². The van der Waals surface area contributed by atoms with Crippen molar-refractivity contribution in [3.8, 4) is 11.4 Å². The van der Waals surface area contributed by atoms with Crippen LogP contribution in [0.4, 0.5) is 0 Å². The Balaban J connectivity index is 1.27. The number of rotatable bonds is 7. The van der Waals surface area contributed by atoms with Crippen molar-refractivity contribution < 1.29 is 9.32 Å². The fourth-order valence-electron chi connectivity index (χ4n) is 4.17. The molecule has 1 aliphatic rings. The molecular weight excluding hydrogens is 376 g/mol. The quantitative estimate of drug-likeness (QED) is 0.643. The summed E-state index contributed by atoms with van der Waals surface area (Å²) in [7, 11) is 0. The largest absolute Gasteiger partial charge is 0.352 e. The number of nitrogens with zero attached hydrogens (tertiary/aromatic N) is 3. The van der Waals surface area contributed by atoms with Crippen molar-refractivity contribution in [1.82, 2.24) is 20.4 Å². The van der Waals surface area contributed by atoms with Gasteiger partial charge in [-0.05, 0) is 43.4 Å². The van der Waals surface area contributed by atoms with Crippen molar-refractivity contribution in [2.24, 2.45) is 5.92 Å². The topological polar surface area (TPSA) is 71.3 Å². The van der Waals surface area contributed by atoms with Crippen molar-refractivity contribution in [1.29, 1.82) is 0 Å².